The molecule has 0 atom stereocenters. The second-order valence-electron chi connectivity index (χ2n) is 5.69. The van der Waals surface area contributed by atoms with Gasteiger partial charge in [0.25, 0.3) is 0 Å². The molecule has 1 heterocycles. The number of hydrogen-bond donors (Lipinski definition) is 3. The Morgan fingerprint density at radius 3 is 2.37 bits per heavy atom. The number of nitrogen functional groups attached to an aromatic ring is 2. The van der Waals surface area contributed by atoms with Gasteiger partial charge >= 0.3 is 0 Å². The van der Waals surface area contributed by atoms with E-state index in [4.69, 9.17) is 16.6 Å². The summed E-state index contributed by atoms with van der Waals surface area (Å²) in [5.41, 5.74) is 13.9. The number of benzene rings is 2. The molecule has 3 aromatic rings. The molecule has 0 aliphatic rings. The molecule has 5 nitrogen and oxygen atoms in total. The molecule has 0 aliphatic carbocycles. The highest BCUT2D eigenvalue weighted by Crippen LogP contribution is 2.33. The average Bonchev–Trinajstić information content (AvgIpc) is 3.11. The molecule has 9 heteroatoms. The molecule has 0 fully saturated rings. The summed E-state index contributed by atoms with van der Waals surface area (Å²) in [7, 11) is 1.00. The van der Waals surface area contributed by atoms with E-state index in [0.29, 0.717) is 44.3 Å². The molecule has 3 rings (SSSR count). The highest BCUT2D eigenvalue weighted by Gasteiger charge is 2.13. The fraction of sp³-hybridized carbons (Fsp3) is 0.143. The molecule has 160 valence electrons. The summed E-state index contributed by atoms with van der Waals surface area (Å²) in [4.78, 5) is 21.5. The number of carbonyl (C=O) groups is 2. The van der Waals surface area contributed by atoms with Gasteiger partial charge in [0.2, 0.25) is 0 Å². The van der Waals surface area contributed by atoms with Gasteiger partial charge in [0, 0.05) is 34.2 Å². The van der Waals surface area contributed by atoms with Gasteiger partial charge in [0.05, 0.1) is 16.3 Å². The first-order valence-electron chi connectivity index (χ1n) is 8.52. The Hall–Kier alpha value is -2.75. The Labute approximate surface area is 181 Å². The largest absolute Gasteiger partial charge is 0.400 e. The molecule has 0 radical (unpaired) electrons. The van der Waals surface area contributed by atoms with E-state index in [9.17, 15) is 18.4 Å². The number of aliphatic hydroxyl groups is 1. The molecule has 30 heavy (non-hydrogen) atoms. The van der Waals surface area contributed by atoms with Crippen LogP contribution in [0.4, 0.5) is 19.5 Å². The molecule has 5 N–H and O–H groups in total. The summed E-state index contributed by atoms with van der Waals surface area (Å²) < 4.78 is 26.3. The van der Waals surface area contributed by atoms with Crippen molar-refractivity contribution in [2.24, 2.45) is 0 Å². The number of thiophene rings is 1. The molecular weight excluding hydrogens is 430 g/mol. The Morgan fingerprint density at radius 1 is 1.07 bits per heavy atom. The number of anilines is 2. The van der Waals surface area contributed by atoms with Crippen LogP contribution in [0.2, 0.25) is 0 Å². The maximum Gasteiger partial charge on any atom is 0.153 e. The molecular formula is C21H22F2N2O3S2. The van der Waals surface area contributed by atoms with E-state index in [1.807, 2.05) is 6.92 Å². The number of rotatable bonds is 5. The van der Waals surface area contributed by atoms with Crippen molar-refractivity contribution in [3.8, 4) is 11.1 Å². The lowest BCUT2D eigenvalue weighted by atomic mass is 10.0. The standard InChI is InChI=1S/C12H10FNOS.C8H8FNOS.CH4O/c1-7-2-3-8(11(13)4-7)10-6-16-12(14)9(10)5-15;9-6-1-2-7(10)8(5-6)12-4-3-11;1-2/h2-6H,14H2,1H3;1-3,5H,4,10H2;2H,1H3. The lowest BCUT2D eigenvalue weighted by molar-refractivity contribution is -0.105. The van der Waals surface area contributed by atoms with Gasteiger partial charge < -0.3 is 21.4 Å². The molecule has 0 unspecified atom stereocenters. The van der Waals surface area contributed by atoms with Crippen LogP contribution in [0.15, 0.2) is 46.7 Å². The first-order chi connectivity index (χ1) is 14.4. The van der Waals surface area contributed by atoms with Gasteiger partial charge in [0.15, 0.2) is 6.29 Å². The van der Waals surface area contributed by atoms with Gasteiger partial charge in [-0.05, 0) is 36.8 Å². The van der Waals surface area contributed by atoms with Crippen molar-refractivity contribution in [2.45, 2.75) is 11.8 Å². The van der Waals surface area contributed by atoms with Crippen LogP contribution in [0.5, 0.6) is 0 Å². The highest BCUT2D eigenvalue weighted by molar-refractivity contribution is 8.00. The van der Waals surface area contributed by atoms with Gasteiger partial charge in [-0.2, -0.15) is 0 Å². The number of nitrogens with two attached hydrogens (primary N) is 2. The minimum atomic E-state index is -0.336. The van der Waals surface area contributed by atoms with E-state index in [2.05, 4.69) is 0 Å². The third kappa shape index (κ3) is 6.94. The Morgan fingerprint density at radius 2 is 1.77 bits per heavy atom. The van der Waals surface area contributed by atoms with Crippen molar-refractivity contribution in [2.75, 3.05) is 24.3 Å². The first-order valence-corrected chi connectivity index (χ1v) is 10.4. The summed E-state index contributed by atoms with van der Waals surface area (Å²) >= 11 is 2.47. The van der Waals surface area contributed by atoms with E-state index >= 15 is 0 Å². The molecule has 0 aliphatic heterocycles. The number of hydrogen-bond acceptors (Lipinski definition) is 7. The molecule has 0 saturated heterocycles. The van der Waals surface area contributed by atoms with E-state index < -0.39 is 0 Å². The summed E-state index contributed by atoms with van der Waals surface area (Å²) in [6.45, 7) is 1.81. The minimum absolute atomic E-state index is 0.299. The Balaban J connectivity index is 0.000000287. The lowest BCUT2D eigenvalue weighted by Gasteiger charge is -2.03. The third-order valence-electron chi connectivity index (χ3n) is 3.67. The van der Waals surface area contributed by atoms with E-state index in [1.165, 1.54) is 47.4 Å². The highest BCUT2D eigenvalue weighted by atomic mass is 32.2. The first kappa shape index (κ1) is 25.3. The maximum atomic E-state index is 13.7. The van der Waals surface area contributed by atoms with Crippen LogP contribution in [0.1, 0.15) is 15.9 Å². The van der Waals surface area contributed by atoms with Crippen LogP contribution in [0.25, 0.3) is 11.1 Å². The fourth-order valence-corrected chi connectivity index (χ4v) is 3.77. The normalized spacial score (nSPS) is 9.63. The molecule has 0 spiro atoms. The van der Waals surface area contributed by atoms with Crippen LogP contribution in [-0.4, -0.2) is 30.5 Å². The number of aliphatic hydroxyl groups excluding tert-OH is 1. The zero-order valence-corrected chi connectivity index (χ0v) is 18.0. The number of carbonyl (C=O) groups excluding carboxylic acids is 2. The van der Waals surface area contributed by atoms with Crippen molar-refractivity contribution in [3.63, 3.8) is 0 Å². The quantitative estimate of drug-likeness (QED) is 0.298. The third-order valence-corrected chi connectivity index (χ3v) is 5.47. The second kappa shape index (κ2) is 12.7. The SMILES string of the molecule is CO.Cc1ccc(-c2csc(N)c2C=O)c(F)c1.Nc1ccc(F)cc1SCC=O. The monoisotopic (exact) mass is 452 g/mol. The summed E-state index contributed by atoms with van der Waals surface area (Å²) in [5, 5.41) is 9.12. The summed E-state index contributed by atoms with van der Waals surface area (Å²) in [6, 6.07) is 9.02. The predicted molar refractivity (Wildman–Crippen MR) is 120 cm³/mol. The van der Waals surface area contributed by atoms with E-state index in [-0.39, 0.29) is 11.6 Å². The van der Waals surface area contributed by atoms with Crippen LogP contribution in [0, 0.1) is 18.6 Å². The maximum absolute atomic E-state index is 13.7. The van der Waals surface area contributed by atoms with Gasteiger partial charge in [-0.1, -0.05) is 12.1 Å². The van der Waals surface area contributed by atoms with Gasteiger partial charge in [-0.3, -0.25) is 4.79 Å². The van der Waals surface area contributed by atoms with Gasteiger partial charge in [-0.15, -0.1) is 23.1 Å². The molecule has 1 aromatic heterocycles. The van der Waals surface area contributed by atoms with E-state index in [0.717, 1.165) is 19.0 Å². The van der Waals surface area contributed by atoms with Gasteiger partial charge in [-0.25, -0.2) is 8.78 Å². The van der Waals surface area contributed by atoms with Crippen molar-refractivity contribution in [3.05, 3.63) is 64.5 Å². The number of aryl methyl sites for hydroxylation is 1. The number of aldehydes is 2. The molecule has 0 bridgehead atoms. The Bertz CT molecular complexity index is 994. The van der Waals surface area contributed by atoms with Crippen molar-refractivity contribution in [1.29, 1.82) is 0 Å². The molecule has 2 aromatic carbocycles. The van der Waals surface area contributed by atoms with Crippen LogP contribution in [-0.2, 0) is 4.79 Å². The topological polar surface area (TPSA) is 106 Å². The average molecular weight is 453 g/mol. The van der Waals surface area contributed by atoms with E-state index in [1.54, 1.807) is 17.5 Å². The predicted octanol–water partition coefficient (Wildman–Crippen LogP) is 4.56. The Kier molecular flexibility index (Phi) is 10.7. The van der Waals surface area contributed by atoms with Crippen molar-refractivity contribution in [1.82, 2.24) is 0 Å². The number of thioether (sulfide) groups is 1. The zero-order valence-electron chi connectivity index (χ0n) is 16.4. The zero-order chi connectivity index (χ0) is 22.7. The van der Waals surface area contributed by atoms with Crippen LogP contribution < -0.4 is 11.5 Å². The summed E-state index contributed by atoms with van der Waals surface area (Å²) in [5.74, 6) is -0.369. The smallest absolute Gasteiger partial charge is 0.153 e. The molecule has 0 saturated carbocycles. The van der Waals surface area contributed by atoms with Crippen molar-refractivity contribution < 1.29 is 23.5 Å². The van der Waals surface area contributed by atoms with Gasteiger partial charge in [0.1, 0.15) is 17.9 Å². The van der Waals surface area contributed by atoms with Crippen LogP contribution in [0.3, 0.4) is 0 Å². The fourth-order valence-electron chi connectivity index (χ4n) is 2.31. The lowest BCUT2D eigenvalue weighted by Crippen LogP contribution is -1.91. The number of halogens is 2. The molecule has 0 amide bonds. The van der Waals surface area contributed by atoms with Crippen molar-refractivity contribution >= 4 is 46.4 Å². The summed E-state index contributed by atoms with van der Waals surface area (Å²) in [6.07, 6.45) is 1.43. The minimum Gasteiger partial charge on any atom is -0.400 e. The second-order valence-corrected chi connectivity index (χ2v) is 7.66. The van der Waals surface area contributed by atoms with Crippen LogP contribution >= 0.6 is 23.1 Å².